The Hall–Kier alpha value is -3.40. The quantitative estimate of drug-likeness (QED) is 0.315. The van der Waals surface area contributed by atoms with Gasteiger partial charge in [-0.2, -0.15) is 0 Å². The molecule has 0 unspecified atom stereocenters. The highest BCUT2D eigenvalue weighted by molar-refractivity contribution is 5.88. The summed E-state index contributed by atoms with van der Waals surface area (Å²) in [5, 5.41) is 21.8. The second-order valence-corrected chi connectivity index (χ2v) is 9.33. The van der Waals surface area contributed by atoms with Gasteiger partial charge in [-0.1, -0.05) is 34.9 Å². The van der Waals surface area contributed by atoms with Gasteiger partial charge in [-0.25, -0.2) is 0 Å². The number of benzene rings is 2. The molecule has 4 heteroatoms. The Morgan fingerprint density at radius 3 is 2.26 bits per heavy atom. The van der Waals surface area contributed by atoms with Gasteiger partial charge in [-0.15, -0.1) is 0 Å². The van der Waals surface area contributed by atoms with E-state index in [9.17, 15) is 10.2 Å². The third kappa shape index (κ3) is 6.13. The zero-order chi connectivity index (χ0) is 24.8. The zero-order valence-electron chi connectivity index (χ0n) is 21.2. The number of methoxy groups -OCH3 is 1. The Morgan fingerprint density at radius 1 is 0.882 bits per heavy atom. The summed E-state index contributed by atoms with van der Waals surface area (Å²) in [4.78, 5) is 0. The van der Waals surface area contributed by atoms with E-state index in [1.165, 1.54) is 16.7 Å². The van der Waals surface area contributed by atoms with Gasteiger partial charge in [0.05, 0.1) is 7.11 Å². The molecule has 0 aliphatic carbocycles. The molecule has 0 amide bonds. The summed E-state index contributed by atoms with van der Waals surface area (Å²) in [6.45, 7) is 10.5. The van der Waals surface area contributed by atoms with Gasteiger partial charge in [-0.05, 0) is 84.6 Å². The highest BCUT2D eigenvalue weighted by Gasteiger charge is 2.18. The number of hydrogen-bond acceptors (Lipinski definition) is 4. The molecule has 0 radical (unpaired) electrons. The van der Waals surface area contributed by atoms with E-state index in [0.29, 0.717) is 29.9 Å². The van der Waals surface area contributed by atoms with Crippen molar-refractivity contribution in [2.75, 3.05) is 7.11 Å². The van der Waals surface area contributed by atoms with Crippen LogP contribution in [0.1, 0.15) is 58.6 Å². The van der Waals surface area contributed by atoms with Gasteiger partial charge in [0, 0.05) is 28.1 Å². The van der Waals surface area contributed by atoms with Crippen molar-refractivity contribution < 1.29 is 19.4 Å². The molecular weight excluding hydrogens is 424 g/mol. The van der Waals surface area contributed by atoms with Gasteiger partial charge in [-0.3, -0.25) is 0 Å². The molecular formula is C30H36O4. The van der Waals surface area contributed by atoms with Gasteiger partial charge < -0.3 is 19.4 Å². The summed E-state index contributed by atoms with van der Waals surface area (Å²) in [6.07, 6.45) is 9.77. The van der Waals surface area contributed by atoms with Gasteiger partial charge >= 0.3 is 0 Å². The summed E-state index contributed by atoms with van der Waals surface area (Å²) in [7, 11) is 1.60. The molecule has 0 aliphatic rings. The van der Waals surface area contributed by atoms with Gasteiger partial charge in [0.1, 0.15) is 28.6 Å². The van der Waals surface area contributed by atoms with E-state index in [0.717, 1.165) is 34.9 Å². The van der Waals surface area contributed by atoms with Crippen LogP contribution in [-0.4, -0.2) is 17.3 Å². The summed E-state index contributed by atoms with van der Waals surface area (Å²) in [6, 6.07) is 8.88. The number of phenolic OH excluding ortho intramolecular Hbond substituents is 2. The third-order valence-corrected chi connectivity index (χ3v) is 5.90. The lowest BCUT2D eigenvalue weighted by Crippen LogP contribution is -1.95. The van der Waals surface area contributed by atoms with Crippen molar-refractivity contribution in [3.05, 3.63) is 76.4 Å². The normalized spacial score (nSPS) is 11.5. The first-order chi connectivity index (χ1) is 16.2. The van der Waals surface area contributed by atoms with E-state index >= 15 is 0 Å². The number of allylic oxidation sites excluding steroid dienone is 6. The third-order valence-electron chi connectivity index (χ3n) is 5.90. The van der Waals surface area contributed by atoms with Crippen molar-refractivity contribution in [1.29, 1.82) is 0 Å². The van der Waals surface area contributed by atoms with E-state index < -0.39 is 0 Å². The molecule has 0 aliphatic heterocycles. The van der Waals surface area contributed by atoms with Gasteiger partial charge in [0.2, 0.25) is 0 Å². The standard InChI is InChI=1S/C30H36O4/c1-19(2)8-7-9-21(5)11-14-25-27(32)15-12-22-16-29(34-30(22)25)26-17-23(31)18-28(33-6)24(26)13-10-20(3)4/h8,10-12,15-18,31-32H,7,9,13-14H2,1-6H3/b21-11+. The highest BCUT2D eigenvalue weighted by atomic mass is 16.5. The molecule has 3 aromatic rings. The first-order valence-corrected chi connectivity index (χ1v) is 11.8. The molecule has 4 nitrogen and oxygen atoms in total. The molecule has 0 saturated heterocycles. The molecule has 0 saturated carbocycles. The SMILES string of the molecule is COc1cc(O)cc(-c2cc3ccc(O)c(C/C=C(\C)CCC=C(C)C)c3o2)c1CC=C(C)C. The van der Waals surface area contributed by atoms with Crippen molar-refractivity contribution in [3.8, 4) is 28.6 Å². The van der Waals surface area contributed by atoms with Crippen LogP contribution >= 0.6 is 0 Å². The summed E-state index contributed by atoms with van der Waals surface area (Å²) in [5.74, 6) is 1.59. The molecule has 180 valence electrons. The number of fused-ring (bicyclic) bond motifs is 1. The average Bonchev–Trinajstić information content (AvgIpc) is 3.20. The molecule has 0 atom stereocenters. The fourth-order valence-electron chi connectivity index (χ4n) is 4.00. The number of ether oxygens (including phenoxy) is 1. The summed E-state index contributed by atoms with van der Waals surface area (Å²) < 4.78 is 11.9. The van der Waals surface area contributed by atoms with Crippen LogP contribution in [0.25, 0.3) is 22.3 Å². The smallest absolute Gasteiger partial charge is 0.142 e. The van der Waals surface area contributed by atoms with Gasteiger partial charge in [0.25, 0.3) is 0 Å². The minimum atomic E-state index is 0.117. The molecule has 0 spiro atoms. The second kappa shape index (κ2) is 11.1. The topological polar surface area (TPSA) is 62.8 Å². The van der Waals surface area contributed by atoms with Gasteiger partial charge in [0.15, 0.2) is 0 Å². The number of phenols is 2. The van der Waals surface area contributed by atoms with E-state index in [4.69, 9.17) is 9.15 Å². The lowest BCUT2D eigenvalue weighted by atomic mass is 9.99. The fraction of sp³-hybridized carbons (Fsp3) is 0.333. The zero-order valence-corrected chi connectivity index (χ0v) is 21.2. The Bertz CT molecular complexity index is 1250. The van der Waals surface area contributed by atoms with E-state index in [2.05, 4.69) is 52.8 Å². The van der Waals surface area contributed by atoms with Crippen molar-refractivity contribution in [2.45, 2.75) is 60.3 Å². The predicted molar refractivity (Wildman–Crippen MR) is 141 cm³/mol. The Kier molecular flexibility index (Phi) is 8.27. The van der Waals surface area contributed by atoms with Crippen molar-refractivity contribution in [2.24, 2.45) is 0 Å². The van der Waals surface area contributed by atoms with E-state index in [1.54, 1.807) is 25.3 Å². The largest absolute Gasteiger partial charge is 0.508 e. The monoisotopic (exact) mass is 460 g/mol. The fourth-order valence-corrected chi connectivity index (χ4v) is 4.00. The number of aromatic hydroxyl groups is 2. The summed E-state index contributed by atoms with van der Waals surface area (Å²) >= 11 is 0. The maximum Gasteiger partial charge on any atom is 0.142 e. The molecule has 1 aromatic heterocycles. The van der Waals surface area contributed by atoms with Crippen molar-refractivity contribution >= 4 is 11.0 Å². The lowest BCUT2D eigenvalue weighted by Gasteiger charge is -2.12. The second-order valence-electron chi connectivity index (χ2n) is 9.33. The first kappa shape index (κ1) is 25.2. The van der Waals surface area contributed by atoms with Crippen molar-refractivity contribution in [1.82, 2.24) is 0 Å². The molecule has 0 fully saturated rings. The minimum absolute atomic E-state index is 0.117. The molecule has 34 heavy (non-hydrogen) atoms. The van der Waals surface area contributed by atoms with Crippen LogP contribution in [0.3, 0.4) is 0 Å². The first-order valence-electron chi connectivity index (χ1n) is 11.8. The maximum absolute atomic E-state index is 10.6. The Balaban J connectivity index is 2.03. The highest BCUT2D eigenvalue weighted by Crippen LogP contribution is 2.40. The summed E-state index contributed by atoms with van der Waals surface area (Å²) in [5.41, 5.74) is 6.96. The number of hydrogen-bond donors (Lipinski definition) is 2. The van der Waals surface area contributed by atoms with Crippen LogP contribution in [-0.2, 0) is 12.8 Å². The van der Waals surface area contributed by atoms with E-state index in [-0.39, 0.29) is 11.5 Å². The molecule has 2 aromatic carbocycles. The van der Waals surface area contributed by atoms with E-state index in [1.807, 2.05) is 12.1 Å². The lowest BCUT2D eigenvalue weighted by molar-refractivity contribution is 0.403. The maximum atomic E-state index is 10.6. The molecule has 2 N–H and O–H groups in total. The molecule has 3 rings (SSSR count). The van der Waals surface area contributed by atoms with Crippen LogP contribution in [0, 0.1) is 0 Å². The van der Waals surface area contributed by atoms with Crippen LogP contribution in [0.4, 0.5) is 0 Å². The Morgan fingerprint density at radius 2 is 1.59 bits per heavy atom. The average molecular weight is 461 g/mol. The molecule has 1 heterocycles. The van der Waals surface area contributed by atoms with Crippen LogP contribution in [0.5, 0.6) is 17.2 Å². The predicted octanol–water partition coefficient (Wildman–Crippen LogP) is 8.26. The van der Waals surface area contributed by atoms with Crippen LogP contribution in [0.15, 0.2) is 69.7 Å². The minimum Gasteiger partial charge on any atom is -0.508 e. The Labute approximate surface area is 202 Å². The number of furan rings is 1. The molecule has 0 bridgehead atoms. The van der Waals surface area contributed by atoms with Crippen molar-refractivity contribution in [3.63, 3.8) is 0 Å². The van der Waals surface area contributed by atoms with Crippen LogP contribution < -0.4 is 4.74 Å². The number of rotatable bonds is 9. The van der Waals surface area contributed by atoms with Crippen LogP contribution in [0.2, 0.25) is 0 Å².